The fraction of sp³-hybridized carbons (Fsp3) is 0.588. The van der Waals surface area contributed by atoms with Crippen molar-refractivity contribution >= 4 is 34.1 Å². The Bertz CT molecular complexity index is 678. The Balaban J connectivity index is 1.66. The maximum atomic E-state index is 12.1. The van der Waals surface area contributed by atoms with Crippen LogP contribution in [0.1, 0.15) is 53.4 Å². The summed E-state index contributed by atoms with van der Waals surface area (Å²) in [5.74, 6) is -0.773. The molecule has 2 aliphatic rings. The van der Waals surface area contributed by atoms with Crippen molar-refractivity contribution in [2.24, 2.45) is 17.6 Å². The predicted molar refractivity (Wildman–Crippen MR) is 91.0 cm³/mol. The average Bonchev–Trinajstić information content (AvgIpc) is 2.80. The van der Waals surface area contributed by atoms with Crippen LogP contribution in [0, 0.1) is 11.8 Å². The molecule has 1 atom stereocenters. The van der Waals surface area contributed by atoms with Crippen LogP contribution in [0.2, 0.25) is 0 Å². The molecule has 0 aliphatic heterocycles. The van der Waals surface area contributed by atoms with Crippen molar-refractivity contribution in [1.82, 2.24) is 0 Å². The van der Waals surface area contributed by atoms with Crippen LogP contribution in [-0.4, -0.2) is 24.4 Å². The van der Waals surface area contributed by atoms with Gasteiger partial charge in [-0.2, -0.15) is 0 Å². The fourth-order valence-electron chi connectivity index (χ4n) is 3.16. The maximum Gasteiger partial charge on any atom is 0.309 e. The van der Waals surface area contributed by atoms with Crippen molar-refractivity contribution in [3.63, 3.8) is 0 Å². The second-order valence-corrected chi connectivity index (χ2v) is 7.81. The zero-order valence-electron chi connectivity index (χ0n) is 13.7. The first kappa shape index (κ1) is 17.0. The summed E-state index contributed by atoms with van der Waals surface area (Å²) < 4.78 is 5.04. The smallest absolute Gasteiger partial charge is 0.309 e. The minimum Gasteiger partial charge on any atom is -0.455 e. The molecule has 6 nitrogen and oxygen atoms in total. The molecule has 1 aromatic rings. The lowest BCUT2D eigenvalue weighted by Crippen LogP contribution is -2.28. The Morgan fingerprint density at radius 3 is 2.67 bits per heavy atom. The molecule has 0 bridgehead atoms. The van der Waals surface area contributed by atoms with Gasteiger partial charge < -0.3 is 15.8 Å². The number of rotatable bonds is 5. The normalized spacial score (nSPS) is 20.0. The van der Waals surface area contributed by atoms with Crippen molar-refractivity contribution < 1.29 is 19.1 Å². The van der Waals surface area contributed by atoms with E-state index >= 15 is 0 Å². The number of carbonyl (C=O) groups is 3. The molecular weight excluding hydrogens is 328 g/mol. The van der Waals surface area contributed by atoms with Crippen LogP contribution in [0.4, 0.5) is 5.00 Å². The molecular formula is C17H22N2O4S. The number of thiophene rings is 1. The standard InChI is InChI=1S/C17H22N2O4S/c1-9-5-6-11-12(7-9)24-16(14(11)15(18)21)19-13(20)8-23-17(22)10-3-2-4-10/h9-10H,2-8H2,1H3,(H2,18,21)(H,19,20). The zero-order valence-corrected chi connectivity index (χ0v) is 14.5. The van der Waals surface area contributed by atoms with Gasteiger partial charge in [-0.25, -0.2) is 0 Å². The summed E-state index contributed by atoms with van der Waals surface area (Å²) in [5.41, 5.74) is 6.89. The van der Waals surface area contributed by atoms with Gasteiger partial charge in [-0.05, 0) is 43.6 Å². The Morgan fingerprint density at radius 2 is 2.04 bits per heavy atom. The second-order valence-electron chi connectivity index (χ2n) is 6.70. The molecule has 3 rings (SSSR count). The van der Waals surface area contributed by atoms with Crippen LogP contribution in [0.5, 0.6) is 0 Å². The van der Waals surface area contributed by atoms with Crippen LogP contribution in [0.15, 0.2) is 0 Å². The highest BCUT2D eigenvalue weighted by atomic mass is 32.1. The summed E-state index contributed by atoms with van der Waals surface area (Å²) in [6.45, 7) is 1.84. The first-order valence-electron chi connectivity index (χ1n) is 8.36. The Morgan fingerprint density at radius 1 is 1.29 bits per heavy atom. The van der Waals surface area contributed by atoms with Crippen molar-refractivity contribution in [3.8, 4) is 0 Å². The van der Waals surface area contributed by atoms with E-state index in [0.717, 1.165) is 49.0 Å². The van der Waals surface area contributed by atoms with Gasteiger partial charge in [0.2, 0.25) is 0 Å². The molecule has 130 valence electrons. The minimum absolute atomic E-state index is 0.0606. The number of nitrogens with one attached hydrogen (secondary N) is 1. The number of anilines is 1. The molecule has 2 amide bonds. The van der Waals surface area contributed by atoms with Gasteiger partial charge >= 0.3 is 5.97 Å². The Labute approximate surface area is 144 Å². The molecule has 3 N–H and O–H groups in total. The molecule has 7 heteroatoms. The number of hydrogen-bond acceptors (Lipinski definition) is 5. The van der Waals surface area contributed by atoms with Gasteiger partial charge in [0.1, 0.15) is 5.00 Å². The molecule has 0 spiro atoms. The first-order chi connectivity index (χ1) is 11.5. The molecule has 0 radical (unpaired) electrons. The van der Waals surface area contributed by atoms with Gasteiger partial charge in [-0.1, -0.05) is 13.3 Å². The van der Waals surface area contributed by atoms with Gasteiger partial charge in [-0.15, -0.1) is 11.3 Å². The SMILES string of the molecule is CC1CCc2c(sc(NC(=O)COC(=O)C3CCC3)c2C(N)=O)C1. The van der Waals surface area contributed by atoms with Gasteiger partial charge in [0.15, 0.2) is 6.61 Å². The van der Waals surface area contributed by atoms with E-state index in [-0.39, 0.29) is 18.5 Å². The van der Waals surface area contributed by atoms with Crippen LogP contribution in [0.3, 0.4) is 0 Å². The molecule has 0 aromatic carbocycles. The van der Waals surface area contributed by atoms with E-state index in [9.17, 15) is 14.4 Å². The van der Waals surface area contributed by atoms with Gasteiger partial charge in [-0.3, -0.25) is 14.4 Å². The summed E-state index contributed by atoms with van der Waals surface area (Å²) in [6.07, 6.45) is 5.42. The van der Waals surface area contributed by atoms with E-state index in [1.54, 1.807) is 0 Å². The number of hydrogen-bond donors (Lipinski definition) is 2. The zero-order chi connectivity index (χ0) is 17.3. The topological polar surface area (TPSA) is 98.5 Å². The molecule has 1 saturated carbocycles. The van der Waals surface area contributed by atoms with E-state index in [1.165, 1.54) is 11.3 Å². The van der Waals surface area contributed by atoms with E-state index < -0.39 is 11.8 Å². The summed E-state index contributed by atoms with van der Waals surface area (Å²) in [6, 6.07) is 0. The van der Waals surface area contributed by atoms with Crippen molar-refractivity contribution in [1.29, 1.82) is 0 Å². The first-order valence-corrected chi connectivity index (χ1v) is 9.18. The lowest BCUT2D eigenvalue weighted by molar-refractivity contribution is -0.154. The second kappa shape index (κ2) is 6.93. The number of esters is 1. The number of ether oxygens (including phenoxy) is 1. The largest absolute Gasteiger partial charge is 0.455 e. The van der Waals surface area contributed by atoms with E-state index in [1.807, 2.05) is 0 Å². The number of fused-ring (bicyclic) bond motifs is 1. The van der Waals surface area contributed by atoms with Crippen molar-refractivity contribution in [2.45, 2.75) is 45.4 Å². The van der Waals surface area contributed by atoms with Crippen LogP contribution >= 0.6 is 11.3 Å². The van der Waals surface area contributed by atoms with Crippen LogP contribution in [0.25, 0.3) is 0 Å². The summed E-state index contributed by atoms with van der Waals surface area (Å²) >= 11 is 1.41. The monoisotopic (exact) mass is 350 g/mol. The summed E-state index contributed by atoms with van der Waals surface area (Å²) in [4.78, 5) is 36.7. The quantitative estimate of drug-likeness (QED) is 0.796. The highest BCUT2D eigenvalue weighted by Gasteiger charge is 2.29. The van der Waals surface area contributed by atoms with E-state index in [0.29, 0.717) is 16.5 Å². The maximum absolute atomic E-state index is 12.1. The molecule has 1 aromatic heterocycles. The molecule has 0 saturated heterocycles. The van der Waals surface area contributed by atoms with Crippen molar-refractivity contribution in [3.05, 3.63) is 16.0 Å². The summed E-state index contributed by atoms with van der Waals surface area (Å²) in [5, 5.41) is 3.17. The molecule has 1 fully saturated rings. The number of primary amides is 1. The lowest BCUT2D eigenvalue weighted by atomic mass is 9.86. The van der Waals surface area contributed by atoms with Crippen LogP contribution in [-0.2, 0) is 27.2 Å². The highest BCUT2D eigenvalue weighted by molar-refractivity contribution is 7.17. The summed E-state index contributed by atoms with van der Waals surface area (Å²) in [7, 11) is 0. The molecule has 2 aliphatic carbocycles. The fourth-order valence-corrected chi connectivity index (χ4v) is 4.59. The van der Waals surface area contributed by atoms with Gasteiger partial charge in [0.25, 0.3) is 11.8 Å². The predicted octanol–water partition coefficient (Wildman–Crippen LogP) is 2.25. The van der Waals surface area contributed by atoms with Gasteiger partial charge in [0.05, 0.1) is 11.5 Å². The molecule has 1 heterocycles. The number of amides is 2. The van der Waals surface area contributed by atoms with E-state index in [4.69, 9.17) is 10.5 Å². The van der Waals surface area contributed by atoms with Gasteiger partial charge in [0, 0.05) is 4.88 Å². The van der Waals surface area contributed by atoms with Crippen molar-refractivity contribution in [2.75, 3.05) is 11.9 Å². The third kappa shape index (κ3) is 3.45. The Hall–Kier alpha value is -1.89. The number of nitrogens with two attached hydrogens (primary N) is 1. The minimum atomic E-state index is -0.524. The Kier molecular flexibility index (Phi) is 4.89. The molecule has 24 heavy (non-hydrogen) atoms. The average molecular weight is 350 g/mol. The molecule has 1 unspecified atom stereocenters. The van der Waals surface area contributed by atoms with E-state index in [2.05, 4.69) is 12.2 Å². The lowest BCUT2D eigenvalue weighted by Gasteiger charge is -2.22. The third-order valence-corrected chi connectivity index (χ3v) is 5.96. The highest BCUT2D eigenvalue weighted by Crippen LogP contribution is 2.39. The van der Waals surface area contributed by atoms with Crippen LogP contribution < -0.4 is 11.1 Å². The third-order valence-electron chi connectivity index (χ3n) is 4.80. The number of carbonyl (C=O) groups excluding carboxylic acids is 3.